The molecular formula is C9H10N4O. The van der Waals surface area contributed by atoms with E-state index >= 15 is 0 Å². The molecule has 2 aromatic heterocycles. The van der Waals surface area contributed by atoms with Gasteiger partial charge in [-0.15, -0.1) is 4.80 Å². The van der Waals surface area contributed by atoms with Gasteiger partial charge in [0.2, 0.25) is 5.88 Å². The lowest BCUT2D eigenvalue weighted by Gasteiger charge is -2.00. The smallest absolute Gasteiger partial charge is 0.213 e. The molecule has 0 spiro atoms. The number of pyridine rings is 1. The van der Waals surface area contributed by atoms with Crippen LogP contribution in [0.5, 0.6) is 5.88 Å². The van der Waals surface area contributed by atoms with Crippen LogP contribution in [0.2, 0.25) is 0 Å². The first kappa shape index (κ1) is 8.68. The minimum absolute atomic E-state index is 0.581. The zero-order valence-electron chi connectivity index (χ0n) is 8.01. The number of hydrogen-bond acceptors (Lipinski definition) is 4. The lowest BCUT2D eigenvalue weighted by molar-refractivity contribution is 0.397. The Bertz CT molecular complexity index is 421. The number of aromatic nitrogens is 4. The second-order valence-corrected chi connectivity index (χ2v) is 2.83. The van der Waals surface area contributed by atoms with Crippen molar-refractivity contribution in [2.24, 2.45) is 0 Å². The fourth-order valence-electron chi connectivity index (χ4n) is 1.08. The molecule has 0 aliphatic carbocycles. The Morgan fingerprint density at radius 2 is 2.14 bits per heavy atom. The highest BCUT2D eigenvalue weighted by atomic mass is 16.5. The molecule has 0 fully saturated rings. The number of ether oxygens (including phenoxy) is 1. The Balaban J connectivity index is 2.33. The minimum Gasteiger partial charge on any atom is -0.481 e. The molecule has 2 heterocycles. The number of nitrogens with zero attached hydrogens (tertiary/aromatic N) is 4. The fraction of sp³-hybridized carbons (Fsp3) is 0.222. The van der Waals surface area contributed by atoms with Crippen LogP contribution in [0, 0.1) is 6.92 Å². The predicted octanol–water partition coefficient (Wildman–Crippen LogP) is 0.979. The molecule has 5 nitrogen and oxygen atoms in total. The van der Waals surface area contributed by atoms with Crippen molar-refractivity contribution < 1.29 is 4.74 Å². The average Bonchev–Trinajstić information content (AvgIpc) is 2.65. The highest BCUT2D eigenvalue weighted by Crippen LogP contribution is 2.09. The van der Waals surface area contributed by atoms with Crippen LogP contribution in [0.3, 0.4) is 0 Å². The largest absolute Gasteiger partial charge is 0.481 e. The van der Waals surface area contributed by atoms with E-state index in [1.807, 2.05) is 13.0 Å². The zero-order valence-corrected chi connectivity index (χ0v) is 8.01. The Kier molecular flexibility index (Phi) is 2.14. The van der Waals surface area contributed by atoms with Gasteiger partial charge in [-0.25, -0.2) is 4.98 Å². The quantitative estimate of drug-likeness (QED) is 0.708. The van der Waals surface area contributed by atoms with E-state index in [0.717, 1.165) is 11.4 Å². The summed E-state index contributed by atoms with van der Waals surface area (Å²) in [5, 5.41) is 8.23. The summed E-state index contributed by atoms with van der Waals surface area (Å²) in [4.78, 5) is 5.59. The number of methoxy groups -OCH3 is 1. The van der Waals surface area contributed by atoms with Crippen molar-refractivity contribution >= 4 is 0 Å². The van der Waals surface area contributed by atoms with Gasteiger partial charge in [-0.3, -0.25) is 0 Å². The molecule has 0 atom stereocenters. The van der Waals surface area contributed by atoms with Crippen molar-refractivity contribution in [3.63, 3.8) is 0 Å². The van der Waals surface area contributed by atoms with Gasteiger partial charge in [0.25, 0.3) is 0 Å². The van der Waals surface area contributed by atoms with E-state index in [4.69, 9.17) is 4.74 Å². The minimum atomic E-state index is 0.581. The third-order valence-corrected chi connectivity index (χ3v) is 1.77. The Morgan fingerprint density at radius 1 is 1.29 bits per heavy atom. The summed E-state index contributed by atoms with van der Waals surface area (Å²) in [5.41, 5.74) is 1.69. The third-order valence-electron chi connectivity index (χ3n) is 1.77. The van der Waals surface area contributed by atoms with Crippen LogP contribution in [-0.4, -0.2) is 27.1 Å². The summed E-state index contributed by atoms with van der Waals surface area (Å²) in [6, 6.07) is 3.62. The van der Waals surface area contributed by atoms with E-state index < -0.39 is 0 Å². The summed E-state index contributed by atoms with van der Waals surface area (Å²) >= 11 is 0. The second kappa shape index (κ2) is 3.45. The van der Waals surface area contributed by atoms with Crippen LogP contribution >= 0.6 is 0 Å². The van der Waals surface area contributed by atoms with Crippen molar-refractivity contribution in [3.05, 3.63) is 30.2 Å². The maximum atomic E-state index is 4.95. The molecule has 0 saturated heterocycles. The molecule has 0 saturated carbocycles. The summed E-state index contributed by atoms with van der Waals surface area (Å²) in [6.45, 7) is 1.89. The SMILES string of the molecule is COc1ccc(-n2ncc(C)n2)cn1. The first-order valence-electron chi connectivity index (χ1n) is 4.19. The van der Waals surface area contributed by atoms with Gasteiger partial charge in [-0.1, -0.05) is 0 Å². The second-order valence-electron chi connectivity index (χ2n) is 2.83. The molecular weight excluding hydrogens is 180 g/mol. The molecule has 0 aromatic carbocycles. The number of rotatable bonds is 2. The average molecular weight is 190 g/mol. The molecule has 0 unspecified atom stereocenters. The molecule has 2 rings (SSSR count). The molecule has 0 N–H and O–H groups in total. The van der Waals surface area contributed by atoms with Gasteiger partial charge in [0.05, 0.1) is 25.2 Å². The van der Waals surface area contributed by atoms with Gasteiger partial charge in [-0.05, 0) is 13.0 Å². The summed E-state index contributed by atoms with van der Waals surface area (Å²) < 4.78 is 4.95. The van der Waals surface area contributed by atoms with E-state index in [-0.39, 0.29) is 0 Å². The molecule has 0 bridgehead atoms. The van der Waals surface area contributed by atoms with Crippen molar-refractivity contribution in [3.8, 4) is 11.6 Å². The lowest BCUT2D eigenvalue weighted by Crippen LogP contribution is -1.99. The molecule has 14 heavy (non-hydrogen) atoms. The first-order valence-corrected chi connectivity index (χ1v) is 4.19. The summed E-state index contributed by atoms with van der Waals surface area (Å²) in [5.74, 6) is 0.581. The van der Waals surface area contributed by atoms with Gasteiger partial charge in [-0.2, -0.15) is 10.2 Å². The molecule has 0 amide bonds. The van der Waals surface area contributed by atoms with Gasteiger partial charge in [0, 0.05) is 6.07 Å². The van der Waals surface area contributed by atoms with Crippen molar-refractivity contribution in [1.29, 1.82) is 0 Å². The van der Waals surface area contributed by atoms with Crippen LogP contribution in [0.15, 0.2) is 24.5 Å². The first-order chi connectivity index (χ1) is 6.79. The van der Waals surface area contributed by atoms with Crippen LogP contribution < -0.4 is 4.74 Å². The maximum Gasteiger partial charge on any atom is 0.213 e. The molecule has 5 heteroatoms. The Labute approximate surface area is 81.3 Å². The van der Waals surface area contributed by atoms with Gasteiger partial charge >= 0.3 is 0 Å². The van der Waals surface area contributed by atoms with Crippen molar-refractivity contribution in [1.82, 2.24) is 20.0 Å². The normalized spacial score (nSPS) is 10.1. The van der Waals surface area contributed by atoms with Crippen LogP contribution in [0.25, 0.3) is 5.69 Å². The predicted molar refractivity (Wildman–Crippen MR) is 50.4 cm³/mol. The van der Waals surface area contributed by atoms with E-state index in [0.29, 0.717) is 5.88 Å². The Hall–Kier alpha value is -1.91. The highest BCUT2D eigenvalue weighted by Gasteiger charge is 2.00. The third kappa shape index (κ3) is 1.56. The van der Waals surface area contributed by atoms with Crippen molar-refractivity contribution in [2.75, 3.05) is 7.11 Å². The van der Waals surface area contributed by atoms with Gasteiger partial charge < -0.3 is 4.74 Å². The molecule has 2 aromatic rings. The van der Waals surface area contributed by atoms with Crippen LogP contribution in [0.4, 0.5) is 0 Å². The zero-order chi connectivity index (χ0) is 9.97. The van der Waals surface area contributed by atoms with E-state index in [9.17, 15) is 0 Å². The Morgan fingerprint density at radius 3 is 2.64 bits per heavy atom. The molecule has 72 valence electrons. The van der Waals surface area contributed by atoms with E-state index in [2.05, 4.69) is 15.2 Å². The van der Waals surface area contributed by atoms with E-state index in [1.165, 1.54) is 4.80 Å². The fourth-order valence-corrected chi connectivity index (χ4v) is 1.08. The van der Waals surface area contributed by atoms with Crippen LogP contribution in [-0.2, 0) is 0 Å². The standard InChI is InChI=1S/C9H10N4O/c1-7-5-11-13(12-7)8-3-4-9(14-2)10-6-8/h3-6H,1-2H3. The highest BCUT2D eigenvalue weighted by molar-refractivity contribution is 5.28. The lowest BCUT2D eigenvalue weighted by atomic mass is 10.4. The number of hydrogen-bond donors (Lipinski definition) is 0. The van der Waals surface area contributed by atoms with Crippen LogP contribution in [0.1, 0.15) is 5.69 Å². The molecule has 0 radical (unpaired) electrons. The molecule has 0 aliphatic rings. The summed E-state index contributed by atoms with van der Waals surface area (Å²) in [7, 11) is 1.58. The maximum absolute atomic E-state index is 4.95. The topological polar surface area (TPSA) is 52.8 Å². The number of aryl methyl sites for hydroxylation is 1. The molecule has 0 aliphatic heterocycles. The van der Waals surface area contributed by atoms with Crippen molar-refractivity contribution in [2.45, 2.75) is 6.92 Å². The van der Waals surface area contributed by atoms with Gasteiger partial charge in [0.15, 0.2) is 0 Å². The van der Waals surface area contributed by atoms with Gasteiger partial charge in [0.1, 0.15) is 5.69 Å². The summed E-state index contributed by atoms with van der Waals surface area (Å²) in [6.07, 6.45) is 3.36. The monoisotopic (exact) mass is 190 g/mol. The van der Waals surface area contributed by atoms with E-state index in [1.54, 1.807) is 25.6 Å².